The standard InChI is InChI=1S/C20H19FN2O2S2/c1-26-16-6-2-4-13(10-16)19(24)23(12-15-5-3-9-25-15)20-22-17-8-7-14(21)11-18(17)27-20/h2,4,6-8,10-11,15H,3,5,9,12H2,1H3. The second-order valence-corrected chi connectivity index (χ2v) is 8.28. The molecule has 1 amide bonds. The summed E-state index contributed by atoms with van der Waals surface area (Å²) in [7, 11) is 0. The molecule has 7 heteroatoms. The molecule has 1 atom stereocenters. The maximum Gasteiger partial charge on any atom is 0.260 e. The molecular formula is C20H19FN2O2S2. The predicted octanol–water partition coefficient (Wildman–Crippen LogP) is 4.98. The lowest BCUT2D eigenvalue weighted by Crippen LogP contribution is -2.37. The molecule has 2 heterocycles. The highest BCUT2D eigenvalue weighted by Gasteiger charge is 2.27. The molecule has 1 saturated heterocycles. The second-order valence-electron chi connectivity index (χ2n) is 6.39. The van der Waals surface area contributed by atoms with Gasteiger partial charge in [0, 0.05) is 17.1 Å². The summed E-state index contributed by atoms with van der Waals surface area (Å²) in [5.74, 6) is -0.414. The Kier molecular flexibility index (Phi) is 5.43. The molecule has 3 aromatic rings. The van der Waals surface area contributed by atoms with Crippen molar-refractivity contribution in [1.29, 1.82) is 0 Å². The molecule has 0 radical (unpaired) electrons. The molecule has 0 N–H and O–H groups in total. The number of ether oxygens (including phenoxy) is 1. The van der Waals surface area contributed by atoms with Crippen molar-refractivity contribution in [3.63, 3.8) is 0 Å². The number of carbonyl (C=O) groups excluding carboxylic acids is 1. The first-order valence-electron chi connectivity index (χ1n) is 8.77. The van der Waals surface area contributed by atoms with Crippen LogP contribution >= 0.6 is 23.1 Å². The molecule has 27 heavy (non-hydrogen) atoms. The summed E-state index contributed by atoms with van der Waals surface area (Å²) in [5, 5.41) is 0.575. The quantitative estimate of drug-likeness (QED) is 0.564. The van der Waals surface area contributed by atoms with E-state index in [1.165, 1.54) is 23.5 Å². The van der Waals surface area contributed by atoms with Gasteiger partial charge in [0.2, 0.25) is 0 Å². The number of thiazole rings is 1. The van der Waals surface area contributed by atoms with Crippen LogP contribution in [0.5, 0.6) is 0 Å². The number of hydrogen-bond donors (Lipinski definition) is 0. The Morgan fingerprint density at radius 3 is 3.04 bits per heavy atom. The summed E-state index contributed by atoms with van der Waals surface area (Å²) in [6.45, 7) is 1.17. The number of rotatable bonds is 5. The number of benzene rings is 2. The Balaban J connectivity index is 1.71. The first kappa shape index (κ1) is 18.4. The summed E-state index contributed by atoms with van der Waals surface area (Å²) in [5.41, 5.74) is 1.31. The van der Waals surface area contributed by atoms with Crippen LogP contribution in [0.25, 0.3) is 10.2 Å². The van der Waals surface area contributed by atoms with E-state index in [9.17, 15) is 9.18 Å². The SMILES string of the molecule is CSc1cccc(C(=O)N(CC2CCCO2)c2nc3ccc(F)cc3s2)c1. The molecule has 0 aliphatic carbocycles. The van der Waals surface area contributed by atoms with Gasteiger partial charge in [0.15, 0.2) is 5.13 Å². The van der Waals surface area contributed by atoms with Crippen molar-refractivity contribution in [1.82, 2.24) is 4.98 Å². The van der Waals surface area contributed by atoms with E-state index in [1.807, 2.05) is 30.5 Å². The molecule has 1 fully saturated rings. The van der Waals surface area contributed by atoms with Crippen LogP contribution in [0.2, 0.25) is 0 Å². The van der Waals surface area contributed by atoms with Crippen molar-refractivity contribution in [3.05, 3.63) is 53.8 Å². The number of carbonyl (C=O) groups is 1. The van der Waals surface area contributed by atoms with Crippen LogP contribution in [0.3, 0.4) is 0 Å². The molecule has 0 spiro atoms. The van der Waals surface area contributed by atoms with Crippen molar-refractivity contribution in [2.24, 2.45) is 0 Å². The molecule has 2 aromatic carbocycles. The second kappa shape index (κ2) is 7.96. The number of anilines is 1. The van der Waals surface area contributed by atoms with Gasteiger partial charge in [-0.25, -0.2) is 9.37 Å². The van der Waals surface area contributed by atoms with Gasteiger partial charge >= 0.3 is 0 Å². The minimum Gasteiger partial charge on any atom is -0.376 e. The summed E-state index contributed by atoms with van der Waals surface area (Å²) >= 11 is 2.93. The van der Waals surface area contributed by atoms with Gasteiger partial charge in [-0.2, -0.15) is 0 Å². The third-order valence-corrected chi connectivity index (χ3v) is 6.31. The monoisotopic (exact) mass is 402 g/mol. The third-order valence-electron chi connectivity index (χ3n) is 4.54. The lowest BCUT2D eigenvalue weighted by molar-refractivity contribution is 0.0917. The number of hydrogen-bond acceptors (Lipinski definition) is 5. The van der Waals surface area contributed by atoms with E-state index < -0.39 is 0 Å². The minimum atomic E-state index is -0.303. The topological polar surface area (TPSA) is 42.4 Å². The molecular weight excluding hydrogens is 383 g/mol. The van der Waals surface area contributed by atoms with Gasteiger partial charge in [-0.1, -0.05) is 17.4 Å². The van der Waals surface area contributed by atoms with Gasteiger partial charge in [0.1, 0.15) is 5.82 Å². The Morgan fingerprint density at radius 1 is 1.37 bits per heavy atom. The van der Waals surface area contributed by atoms with Crippen molar-refractivity contribution in [2.75, 3.05) is 24.3 Å². The van der Waals surface area contributed by atoms with Crippen LogP contribution in [0.1, 0.15) is 23.2 Å². The van der Waals surface area contributed by atoms with E-state index in [2.05, 4.69) is 4.98 Å². The maximum absolute atomic E-state index is 13.6. The molecule has 1 unspecified atom stereocenters. The van der Waals surface area contributed by atoms with Crippen LogP contribution < -0.4 is 4.90 Å². The number of amides is 1. The van der Waals surface area contributed by atoms with Gasteiger partial charge in [-0.3, -0.25) is 9.69 Å². The first-order valence-corrected chi connectivity index (χ1v) is 10.8. The third kappa shape index (κ3) is 4.00. The van der Waals surface area contributed by atoms with Gasteiger partial charge in [-0.05, 0) is 55.5 Å². The van der Waals surface area contributed by atoms with Crippen LogP contribution in [-0.4, -0.2) is 36.4 Å². The zero-order valence-electron chi connectivity index (χ0n) is 14.9. The smallest absolute Gasteiger partial charge is 0.260 e. The molecule has 1 aliphatic heterocycles. The van der Waals surface area contributed by atoms with Crippen LogP contribution in [0.4, 0.5) is 9.52 Å². The van der Waals surface area contributed by atoms with E-state index in [4.69, 9.17) is 4.74 Å². The van der Waals surface area contributed by atoms with Crippen molar-refractivity contribution >= 4 is 44.4 Å². The Hall–Kier alpha value is -1.96. The number of halogens is 1. The highest BCUT2D eigenvalue weighted by Crippen LogP contribution is 2.31. The molecule has 4 nitrogen and oxygen atoms in total. The molecule has 0 bridgehead atoms. The van der Waals surface area contributed by atoms with Gasteiger partial charge < -0.3 is 4.74 Å². The van der Waals surface area contributed by atoms with E-state index >= 15 is 0 Å². The van der Waals surface area contributed by atoms with Crippen LogP contribution in [0, 0.1) is 5.82 Å². The fourth-order valence-electron chi connectivity index (χ4n) is 3.15. The molecule has 1 aromatic heterocycles. The number of aromatic nitrogens is 1. The van der Waals surface area contributed by atoms with Crippen molar-refractivity contribution in [3.8, 4) is 0 Å². The highest BCUT2D eigenvalue weighted by atomic mass is 32.2. The zero-order chi connectivity index (χ0) is 18.8. The number of fused-ring (bicyclic) bond motifs is 1. The lowest BCUT2D eigenvalue weighted by atomic mass is 10.2. The number of thioether (sulfide) groups is 1. The predicted molar refractivity (Wildman–Crippen MR) is 108 cm³/mol. The average Bonchev–Trinajstić information content (AvgIpc) is 3.34. The van der Waals surface area contributed by atoms with Crippen molar-refractivity contribution < 1.29 is 13.9 Å². The summed E-state index contributed by atoms with van der Waals surface area (Å²) in [6.07, 6.45) is 3.91. The van der Waals surface area contributed by atoms with Crippen LogP contribution in [-0.2, 0) is 4.74 Å². The summed E-state index contributed by atoms with van der Waals surface area (Å²) in [4.78, 5) is 20.6. The Morgan fingerprint density at radius 2 is 2.26 bits per heavy atom. The normalized spacial score (nSPS) is 16.7. The van der Waals surface area contributed by atoms with Gasteiger partial charge in [-0.15, -0.1) is 11.8 Å². The highest BCUT2D eigenvalue weighted by molar-refractivity contribution is 7.98. The van der Waals surface area contributed by atoms with Gasteiger partial charge in [0.05, 0.1) is 22.9 Å². The molecule has 1 aliphatic rings. The minimum absolute atomic E-state index is 0.00133. The largest absolute Gasteiger partial charge is 0.376 e. The van der Waals surface area contributed by atoms with Crippen molar-refractivity contribution in [2.45, 2.75) is 23.8 Å². The Labute approximate surface area is 165 Å². The fraction of sp³-hybridized carbons (Fsp3) is 0.300. The van der Waals surface area contributed by atoms with E-state index in [0.717, 1.165) is 29.0 Å². The molecule has 4 rings (SSSR count). The summed E-state index contributed by atoms with van der Waals surface area (Å²) in [6, 6.07) is 12.1. The molecule has 140 valence electrons. The van der Waals surface area contributed by atoms with E-state index in [-0.39, 0.29) is 17.8 Å². The fourth-order valence-corrected chi connectivity index (χ4v) is 4.61. The zero-order valence-corrected chi connectivity index (χ0v) is 16.5. The van der Waals surface area contributed by atoms with E-state index in [0.29, 0.717) is 22.8 Å². The summed E-state index contributed by atoms with van der Waals surface area (Å²) < 4.78 is 20.0. The lowest BCUT2D eigenvalue weighted by Gasteiger charge is -2.23. The maximum atomic E-state index is 13.6. The molecule has 0 saturated carbocycles. The Bertz CT molecular complexity index is 970. The van der Waals surface area contributed by atoms with E-state index in [1.54, 1.807) is 22.7 Å². The average molecular weight is 403 g/mol. The van der Waals surface area contributed by atoms with Gasteiger partial charge in [0.25, 0.3) is 5.91 Å². The first-order chi connectivity index (χ1) is 13.1. The number of nitrogens with zero attached hydrogens (tertiary/aromatic N) is 2. The van der Waals surface area contributed by atoms with Crippen LogP contribution in [0.15, 0.2) is 47.4 Å².